The molecule has 0 aliphatic carbocycles. The zero-order chi connectivity index (χ0) is 22.0. The standard InChI is InChI=1S/C24H27ClN6O/c25-20-13-29-22(30-15-24(14-26)4-9-32-10-5-24)12-18(20)17-3-8-28-23-19(17)11-21(31-23)16-1-6-27-7-2-16/h3,8,11-13,16,27H,1-2,4-7,9-10,15H2,(H,28,31)(H,29,30). The number of ether oxygens (including phenoxy) is 1. The normalized spacial score (nSPS) is 19.0. The molecule has 2 fully saturated rings. The first kappa shape index (κ1) is 21.2. The van der Waals surface area contributed by atoms with Crippen molar-refractivity contribution in [1.29, 1.82) is 5.26 Å². The van der Waals surface area contributed by atoms with Crippen molar-refractivity contribution in [3.63, 3.8) is 0 Å². The third-order valence-electron chi connectivity index (χ3n) is 6.77. The molecule has 7 nitrogen and oxygen atoms in total. The van der Waals surface area contributed by atoms with Crippen LogP contribution >= 0.6 is 11.6 Å². The second-order valence-corrected chi connectivity index (χ2v) is 9.18. The molecular weight excluding hydrogens is 424 g/mol. The summed E-state index contributed by atoms with van der Waals surface area (Å²) in [6, 6.07) is 8.69. The lowest BCUT2D eigenvalue weighted by atomic mass is 9.82. The van der Waals surface area contributed by atoms with Crippen LogP contribution in [0.15, 0.2) is 30.6 Å². The van der Waals surface area contributed by atoms with Gasteiger partial charge in [0.1, 0.15) is 11.5 Å². The maximum absolute atomic E-state index is 9.72. The van der Waals surface area contributed by atoms with E-state index in [0.717, 1.165) is 60.9 Å². The monoisotopic (exact) mass is 450 g/mol. The highest BCUT2D eigenvalue weighted by Gasteiger charge is 2.32. The summed E-state index contributed by atoms with van der Waals surface area (Å²) < 4.78 is 5.43. The first-order valence-electron chi connectivity index (χ1n) is 11.2. The van der Waals surface area contributed by atoms with E-state index in [1.807, 2.05) is 18.3 Å². The van der Waals surface area contributed by atoms with E-state index in [2.05, 4.69) is 37.7 Å². The number of halogens is 1. The summed E-state index contributed by atoms with van der Waals surface area (Å²) in [5.74, 6) is 1.23. The lowest BCUT2D eigenvalue weighted by Gasteiger charge is -2.30. The number of hydrogen-bond donors (Lipinski definition) is 3. The Hall–Kier alpha value is -2.66. The van der Waals surface area contributed by atoms with Gasteiger partial charge in [0.15, 0.2) is 0 Å². The molecule has 5 heterocycles. The van der Waals surface area contributed by atoms with Crippen molar-refractivity contribution in [2.75, 3.05) is 38.2 Å². The van der Waals surface area contributed by atoms with Gasteiger partial charge in [-0.2, -0.15) is 5.26 Å². The van der Waals surface area contributed by atoms with Gasteiger partial charge in [-0.15, -0.1) is 0 Å². The molecule has 0 aromatic carbocycles. The third kappa shape index (κ3) is 4.18. The number of hydrogen-bond acceptors (Lipinski definition) is 6. The van der Waals surface area contributed by atoms with E-state index in [4.69, 9.17) is 16.3 Å². The molecule has 3 N–H and O–H groups in total. The highest BCUT2D eigenvalue weighted by molar-refractivity contribution is 6.33. The lowest BCUT2D eigenvalue weighted by molar-refractivity contribution is 0.0455. The zero-order valence-electron chi connectivity index (χ0n) is 18.0. The Bertz CT molecular complexity index is 1140. The van der Waals surface area contributed by atoms with Gasteiger partial charge < -0.3 is 20.4 Å². The van der Waals surface area contributed by atoms with Crippen molar-refractivity contribution in [3.05, 3.63) is 41.3 Å². The third-order valence-corrected chi connectivity index (χ3v) is 7.07. The molecule has 2 aliphatic rings. The highest BCUT2D eigenvalue weighted by Crippen LogP contribution is 2.37. The summed E-state index contributed by atoms with van der Waals surface area (Å²) >= 11 is 6.59. The predicted molar refractivity (Wildman–Crippen MR) is 126 cm³/mol. The molecule has 32 heavy (non-hydrogen) atoms. The Kier molecular flexibility index (Phi) is 6.01. The second-order valence-electron chi connectivity index (χ2n) is 8.78. The summed E-state index contributed by atoms with van der Waals surface area (Å²) in [5, 5.41) is 18.2. The van der Waals surface area contributed by atoms with E-state index in [9.17, 15) is 5.26 Å². The maximum Gasteiger partial charge on any atom is 0.138 e. The fraction of sp³-hybridized carbons (Fsp3) is 0.458. The number of rotatable bonds is 5. The molecule has 5 rings (SSSR count). The number of anilines is 1. The van der Waals surface area contributed by atoms with Gasteiger partial charge in [-0.05, 0) is 62.5 Å². The van der Waals surface area contributed by atoms with Crippen LogP contribution in [0.4, 0.5) is 5.82 Å². The maximum atomic E-state index is 9.72. The smallest absolute Gasteiger partial charge is 0.138 e. The average molecular weight is 451 g/mol. The Balaban J connectivity index is 1.44. The van der Waals surface area contributed by atoms with Gasteiger partial charge in [0, 0.05) is 54.7 Å². The van der Waals surface area contributed by atoms with Gasteiger partial charge in [-0.25, -0.2) is 9.97 Å². The van der Waals surface area contributed by atoms with E-state index < -0.39 is 5.41 Å². The Morgan fingerprint density at radius 2 is 2.00 bits per heavy atom. The minimum absolute atomic E-state index is 0.423. The minimum atomic E-state index is -0.423. The summed E-state index contributed by atoms with van der Waals surface area (Å²) in [6.07, 6.45) is 7.19. The van der Waals surface area contributed by atoms with Crippen molar-refractivity contribution in [2.45, 2.75) is 31.6 Å². The number of piperidine rings is 1. The first-order valence-corrected chi connectivity index (χ1v) is 11.6. The predicted octanol–water partition coefficient (Wildman–Crippen LogP) is 4.48. The summed E-state index contributed by atoms with van der Waals surface area (Å²) in [4.78, 5) is 12.5. The zero-order valence-corrected chi connectivity index (χ0v) is 18.7. The first-order chi connectivity index (χ1) is 15.7. The van der Waals surface area contributed by atoms with Crippen LogP contribution in [0.1, 0.15) is 37.3 Å². The number of pyridine rings is 2. The molecular formula is C24H27ClN6O. The molecule has 0 atom stereocenters. The van der Waals surface area contributed by atoms with E-state index in [-0.39, 0.29) is 0 Å². The molecule has 166 valence electrons. The van der Waals surface area contributed by atoms with Gasteiger partial charge in [-0.3, -0.25) is 0 Å². The van der Waals surface area contributed by atoms with Crippen LogP contribution in [0.3, 0.4) is 0 Å². The van der Waals surface area contributed by atoms with Gasteiger partial charge in [-0.1, -0.05) is 11.6 Å². The average Bonchev–Trinajstić information content (AvgIpc) is 3.29. The lowest BCUT2D eigenvalue weighted by Crippen LogP contribution is -2.34. The molecule has 0 radical (unpaired) electrons. The van der Waals surface area contributed by atoms with Gasteiger partial charge >= 0.3 is 0 Å². The SMILES string of the molecule is N#CC1(CNc2cc(-c3ccnc4[nH]c(C5CCNCC5)cc34)c(Cl)cn2)CCOCC1. The number of nitrogens with zero attached hydrogens (tertiary/aromatic N) is 3. The fourth-order valence-corrected chi connectivity index (χ4v) is 4.93. The number of aromatic nitrogens is 3. The number of fused-ring (bicyclic) bond motifs is 1. The molecule has 0 amide bonds. The van der Waals surface area contributed by atoms with Crippen molar-refractivity contribution < 1.29 is 4.74 Å². The number of aromatic amines is 1. The number of H-pyrrole nitrogens is 1. The van der Waals surface area contributed by atoms with Gasteiger partial charge in [0.05, 0.1) is 16.5 Å². The molecule has 0 spiro atoms. The largest absolute Gasteiger partial charge is 0.381 e. The molecule has 3 aromatic heterocycles. The fourth-order valence-electron chi connectivity index (χ4n) is 4.73. The van der Waals surface area contributed by atoms with Crippen molar-refractivity contribution in [1.82, 2.24) is 20.3 Å². The van der Waals surface area contributed by atoms with Crippen molar-refractivity contribution >= 4 is 28.5 Å². The Morgan fingerprint density at radius 1 is 1.19 bits per heavy atom. The summed E-state index contributed by atoms with van der Waals surface area (Å²) in [5.41, 5.74) is 3.63. The molecule has 2 saturated heterocycles. The van der Waals surface area contributed by atoms with Gasteiger partial charge in [0.25, 0.3) is 0 Å². The van der Waals surface area contributed by atoms with E-state index in [1.54, 1.807) is 6.20 Å². The van der Waals surface area contributed by atoms with Gasteiger partial charge in [0.2, 0.25) is 0 Å². The number of nitrogens with one attached hydrogen (secondary N) is 3. The van der Waals surface area contributed by atoms with Crippen LogP contribution in [0.5, 0.6) is 0 Å². The van der Waals surface area contributed by atoms with Crippen LogP contribution in [0.2, 0.25) is 5.02 Å². The molecule has 0 unspecified atom stereocenters. The van der Waals surface area contributed by atoms with Crippen molar-refractivity contribution in [2.24, 2.45) is 5.41 Å². The molecule has 8 heteroatoms. The van der Waals surface area contributed by atoms with E-state index in [1.165, 1.54) is 5.69 Å². The van der Waals surface area contributed by atoms with Crippen LogP contribution in [0.25, 0.3) is 22.2 Å². The quantitative estimate of drug-likeness (QED) is 0.530. The Labute approximate surface area is 192 Å². The topological polar surface area (TPSA) is 98.7 Å². The highest BCUT2D eigenvalue weighted by atomic mass is 35.5. The summed E-state index contributed by atoms with van der Waals surface area (Å²) in [7, 11) is 0. The van der Waals surface area contributed by atoms with Crippen LogP contribution in [-0.4, -0.2) is 47.8 Å². The summed E-state index contributed by atoms with van der Waals surface area (Å²) in [6.45, 7) is 3.87. The van der Waals surface area contributed by atoms with E-state index >= 15 is 0 Å². The second kappa shape index (κ2) is 9.07. The van der Waals surface area contributed by atoms with Crippen LogP contribution < -0.4 is 10.6 Å². The van der Waals surface area contributed by atoms with Crippen LogP contribution in [-0.2, 0) is 4.74 Å². The molecule has 3 aromatic rings. The number of nitriles is 1. The molecule has 0 saturated carbocycles. The van der Waals surface area contributed by atoms with E-state index in [0.29, 0.717) is 36.5 Å². The Morgan fingerprint density at radius 3 is 2.78 bits per heavy atom. The van der Waals surface area contributed by atoms with Crippen molar-refractivity contribution in [3.8, 4) is 17.2 Å². The minimum Gasteiger partial charge on any atom is -0.381 e. The molecule has 2 aliphatic heterocycles. The molecule has 0 bridgehead atoms. The van der Waals surface area contributed by atoms with Crippen LogP contribution in [0, 0.1) is 16.7 Å².